The summed E-state index contributed by atoms with van der Waals surface area (Å²) in [6.07, 6.45) is -2.77. The molecule has 2 heterocycles. The molecule has 33 heavy (non-hydrogen) atoms. The van der Waals surface area contributed by atoms with E-state index in [1.807, 2.05) is 25.1 Å². The summed E-state index contributed by atoms with van der Waals surface area (Å²) in [5, 5.41) is 12.6. The first-order valence-electron chi connectivity index (χ1n) is 10.4. The Morgan fingerprint density at radius 2 is 1.91 bits per heavy atom. The highest BCUT2D eigenvalue weighted by Gasteiger charge is 2.31. The van der Waals surface area contributed by atoms with Crippen molar-refractivity contribution in [1.29, 1.82) is 0 Å². The first-order valence-corrected chi connectivity index (χ1v) is 10.4. The number of β-amino-alcohol motifs (C(OH)–C–C–N with tert-alkyl or cyclic N) is 1. The largest absolute Gasteiger partial charge is 0.573 e. The molecule has 172 valence electrons. The standard InChI is InChI=1S/C24H22F3N3O3/c1-15-2-3-17(13-28-15)21-12-16(4-9-22(21)30-11-10-19(31)14-30)23(32)29-18-5-7-20(8-6-18)33-24(25,26)27/h2-9,12-13,19,31H,10-11,14H2,1H3,(H,29,32)/t19-/m1/s1. The number of halogens is 3. The molecule has 0 unspecified atom stereocenters. The molecule has 1 aliphatic heterocycles. The van der Waals surface area contributed by atoms with Crippen LogP contribution in [0.1, 0.15) is 22.5 Å². The molecule has 1 amide bonds. The lowest BCUT2D eigenvalue weighted by Gasteiger charge is -2.22. The van der Waals surface area contributed by atoms with Gasteiger partial charge in [-0.1, -0.05) is 6.07 Å². The number of aliphatic hydroxyl groups excluding tert-OH is 1. The number of nitrogens with one attached hydrogen (secondary N) is 1. The highest BCUT2D eigenvalue weighted by molar-refractivity contribution is 6.05. The van der Waals surface area contributed by atoms with Gasteiger partial charge in [0, 0.05) is 53.0 Å². The number of pyridine rings is 1. The number of aromatic nitrogens is 1. The summed E-state index contributed by atoms with van der Waals surface area (Å²) in [6, 6.07) is 14.0. The Morgan fingerprint density at radius 3 is 2.52 bits per heavy atom. The number of aliphatic hydroxyl groups is 1. The summed E-state index contributed by atoms with van der Waals surface area (Å²) in [4.78, 5) is 19.3. The maximum atomic E-state index is 12.9. The van der Waals surface area contributed by atoms with Gasteiger partial charge >= 0.3 is 6.36 Å². The van der Waals surface area contributed by atoms with Crippen LogP contribution in [0, 0.1) is 6.92 Å². The third-order valence-electron chi connectivity index (χ3n) is 5.33. The van der Waals surface area contributed by atoms with Crippen LogP contribution >= 0.6 is 0 Å². The van der Waals surface area contributed by atoms with Gasteiger partial charge in [0.15, 0.2) is 0 Å². The van der Waals surface area contributed by atoms with Crippen LogP contribution in [0.25, 0.3) is 11.1 Å². The van der Waals surface area contributed by atoms with Gasteiger partial charge in [0.2, 0.25) is 0 Å². The molecule has 4 rings (SSSR count). The molecule has 1 atom stereocenters. The number of carbonyl (C=O) groups excluding carboxylic acids is 1. The fourth-order valence-electron chi connectivity index (χ4n) is 3.72. The molecular formula is C24H22F3N3O3. The maximum absolute atomic E-state index is 12.9. The predicted molar refractivity (Wildman–Crippen MR) is 118 cm³/mol. The van der Waals surface area contributed by atoms with Crippen LogP contribution < -0.4 is 15.0 Å². The quantitative estimate of drug-likeness (QED) is 0.577. The fraction of sp³-hybridized carbons (Fsp3) is 0.250. The molecule has 0 radical (unpaired) electrons. The van der Waals surface area contributed by atoms with Gasteiger partial charge in [0.1, 0.15) is 5.75 Å². The van der Waals surface area contributed by atoms with E-state index >= 15 is 0 Å². The monoisotopic (exact) mass is 457 g/mol. The Labute approximate surface area is 188 Å². The number of hydrogen-bond donors (Lipinski definition) is 2. The van der Waals surface area contributed by atoms with Crippen molar-refractivity contribution in [2.24, 2.45) is 0 Å². The van der Waals surface area contributed by atoms with Gasteiger partial charge in [-0.15, -0.1) is 13.2 Å². The third-order valence-corrected chi connectivity index (χ3v) is 5.33. The Morgan fingerprint density at radius 1 is 1.15 bits per heavy atom. The Balaban J connectivity index is 1.59. The number of ether oxygens (including phenoxy) is 1. The number of benzene rings is 2. The number of carbonyl (C=O) groups is 1. The number of hydrogen-bond acceptors (Lipinski definition) is 5. The van der Waals surface area contributed by atoms with Crippen molar-refractivity contribution < 1.29 is 27.8 Å². The molecule has 2 N–H and O–H groups in total. The summed E-state index contributed by atoms with van der Waals surface area (Å²) in [5.41, 5.74) is 4.11. The highest BCUT2D eigenvalue weighted by atomic mass is 19.4. The Kier molecular flexibility index (Phi) is 6.24. The second-order valence-electron chi connectivity index (χ2n) is 7.84. The molecule has 1 fully saturated rings. The van der Waals surface area contributed by atoms with Crippen molar-refractivity contribution in [3.8, 4) is 16.9 Å². The molecule has 0 saturated carbocycles. The zero-order valence-corrected chi connectivity index (χ0v) is 17.8. The minimum Gasteiger partial charge on any atom is -0.406 e. The molecule has 2 aromatic carbocycles. The van der Waals surface area contributed by atoms with Gasteiger partial charge in [0.05, 0.1) is 6.10 Å². The SMILES string of the molecule is Cc1ccc(-c2cc(C(=O)Nc3ccc(OC(F)(F)F)cc3)ccc2N2CC[C@@H](O)C2)cn1. The van der Waals surface area contributed by atoms with E-state index in [0.29, 0.717) is 30.8 Å². The summed E-state index contributed by atoms with van der Waals surface area (Å²) in [6.45, 7) is 3.09. The molecular weight excluding hydrogens is 435 g/mol. The lowest BCUT2D eigenvalue weighted by atomic mass is 10.0. The summed E-state index contributed by atoms with van der Waals surface area (Å²) in [7, 11) is 0. The van der Waals surface area contributed by atoms with Gasteiger partial charge < -0.3 is 20.1 Å². The van der Waals surface area contributed by atoms with Crippen LogP contribution in [0.5, 0.6) is 5.75 Å². The van der Waals surface area contributed by atoms with Crippen LogP contribution in [0.3, 0.4) is 0 Å². The topological polar surface area (TPSA) is 74.7 Å². The minimum atomic E-state index is -4.78. The average Bonchev–Trinajstić information content (AvgIpc) is 3.20. The van der Waals surface area contributed by atoms with Gasteiger partial charge in [-0.05, 0) is 61.9 Å². The van der Waals surface area contributed by atoms with E-state index in [9.17, 15) is 23.1 Å². The van der Waals surface area contributed by atoms with Gasteiger partial charge in [-0.2, -0.15) is 0 Å². The second-order valence-corrected chi connectivity index (χ2v) is 7.84. The van der Waals surface area contributed by atoms with Crippen LogP contribution in [-0.4, -0.2) is 41.6 Å². The van der Waals surface area contributed by atoms with E-state index in [1.54, 1.807) is 18.3 Å². The number of anilines is 2. The van der Waals surface area contributed by atoms with E-state index in [1.165, 1.54) is 12.1 Å². The van der Waals surface area contributed by atoms with E-state index in [-0.39, 0.29) is 5.75 Å². The number of alkyl halides is 3. The molecule has 0 spiro atoms. The first kappa shape index (κ1) is 22.6. The minimum absolute atomic E-state index is 0.333. The smallest absolute Gasteiger partial charge is 0.406 e. The van der Waals surface area contributed by atoms with Crippen LogP contribution in [-0.2, 0) is 0 Å². The van der Waals surface area contributed by atoms with Crippen molar-refractivity contribution in [3.05, 3.63) is 72.1 Å². The Hall–Kier alpha value is -3.59. The Bertz CT molecular complexity index is 1130. The molecule has 1 aliphatic rings. The van der Waals surface area contributed by atoms with E-state index in [4.69, 9.17) is 0 Å². The van der Waals surface area contributed by atoms with E-state index < -0.39 is 18.4 Å². The van der Waals surface area contributed by atoms with Crippen LogP contribution in [0.2, 0.25) is 0 Å². The molecule has 1 saturated heterocycles. The molecule has 1 aromatic heterocycles. The van der Waals surface area contributed by atoms with Gasteiger partial charge in [0.25, 0.3) is 5.91 Å². The normalized spacial score (nSPS) is 16.0. The highest BCUT2D eigenvalue weighted by Crippen LogP contribution is 2.34. The zero-order chi connectivity index (χ0) is 23.6. The second kappa shape index (κ2) is 9.11. The molecule has 3 aromatic rings. The fourth-order valence-corrected chi connectivity index (χ4v) is 3.72. The molecule has 9 heteroatoms. The number of nitrogens with zero attached hydrogens (tertiary/aromatic N) is 2. The predicted octanol–water partition coefficient (Wildman–Crippen LogP) is 4.78. The van der Waals surface area contributed by atoms with Crippen molar-refractivity contribution in [2.75, 3.05) is 23.3 Å². The lowest BCUT2D eigenvalue weighted by molar-refractivity contribution is -0.274. The summed E-state index contributed by atoms with van der Waals surface area (Å²) >= 11 is 0. The van der Waals surface area contributed by atoms with Crippen molar-refractivity contribution in [1.82, 2.24) is 4.98 Å². The average molecular weight is 457 g/mol. The zero-order valence-electron chi connectivity index (χ0n) is 17.8. The summed E-state index contributed by atoms with van der Waals surface area (Å²) < 4.78 is 40.8. The van der Waals surface area contributed by atoms with E-state index in [0.717, 1.165) is 34.6 Å². The van der Waals surface area contributed by atoms with E-state index in [2.05, 4.69) is 19.9 Å². The van der Waals surface area contributed by atoms with Crippen molar-refractivity contribution in [2.45, 2.75) is 25.8 Å². The van der Waals surface area contributed by atoms with Crippen molar-refractivity contribution >= 4 is 17.3 Å². The number of aryl methyl sites for hydroxylation is 1. The molecule has 0 aliphatic carbocycles. The molecule has 0 bridgehead atoms. The number of amides is 1. The summed E-state index contributed by atoms with van der Waals surface area (Å²) in [5.74, 6) is -0.777. The van der Waals surface area contributed by atoms with Crippen LogP contribution in [0.15, 0.2) is 60.8 Å². The molecule has 6 nitrogen and oxygen atoms in total. The van der Waals surface area contributed by atoms with Crippen LogP contribution in [0.4, 0.5) is 24.5 Å². The first-order chi connectivity index (χ1) is 15.7. The van der Waals surface area contributed by atoms with Gasteiger partial charge in [-0.3, -0.25) is 9.78 Å². The maximum Gasteiger partial charge on any atom is 0.573 e. The third kappa shape index (κ3) is 5.61. The van der Waals surface area contributed by atoms with Gasteiger partial charge in [-0.25, -0.2) is 0 Å². The van der Waals surface area contributed by atoms with Crippen molar-refractivity contribution in [3.63, 3.8) is 0 Å². The number of rotatable bonds is 5. The lowest BCUT2D eigenvalue weighted by Crippen LogP contribution is -2.22.